The summed E-state index contributed by atoms with van der Waals surface area (Å²) in [5.41, 5.74) is 1.59. The third-order valence-corrected chi connectivity index (χ3v) is 4.42. The predicted molar refractivity (Wildman–Crippen MR) is 107 cm³/mol. The Morgan fingerprint density at radius 3 is 2.90 bits per heavy atom. The molecule has 2 amide bonds. The molecule has 0 radical (unpaired) electrons. The molecule has 9 nitrogen and oxygen atoms in total. The maximum absolute atomic E-state index is 12.7. The number of allylic oxidation sites excluding steroid dienone is 2. The molecule has 1 aromatic carbocycles. The van der Waals surface area contributed by atoms with Crippen LogP contribution in [-0.2, 0) is 16.0 Å². The smallest absolute Gasteiger partial charge is 0.289 e. The summed E-state index contributed by atoms with van der Waals surface area (Å²) in [5.74, 6) is 0.293. The molecule has 0 aliphatic carbocycles. The lowest BCUT2D eigenvalue weighted by molar-refractivity contribution is -0.130. The maximum Gasteiger partial charge on any atom is 0.289 e. The summed E-state index contributed by atoms with van der Waals surface area (Å²) in [6, 6.07) is 8.84. The molecule has 29 heavy (non-hydrogen) atoms. The Balaban J connectivity index is 1.67. The topological polar surface area (TPSA) is 113 Å². The van der Waals surface area contributed by atoms with Gasteiger partial charge in [0.05, 0.1) is 5.70 Å². The second-order valence-corrected chi connectivity index (χ2v) is 6.46. The molecule has 9 heteroatoms. The average molecular weight is 394 g/mol. The van der Waals surface area contributed by atoms with E-state index in [4.69, 9.17) is 4.74 Å². The van der Waals surface area contributed by atoms with Crippen LogP contribution < -0.4 is 5.32 Å². The Morgan fingerprint density at radius 2 is 2.17 bits per heavy atom. The van der Waals surface area contributed by atoms with Gasteiger partial charge < -0.3 is 19.9 Å². The second kappa shape index (κ2) is 8.96. The number of H-pyrrole nitrogens is 1. The fourth-order valence-electron chi connectivity index (χ4n) is 2.89. The molecule has 1 aliphatic rings. The number of nitrogens with one attached hydrogen (secondary N) is 2. The molecule has 2 heterocycles. The normalized spacial score (nSPS) is 17.2. The Kier molecular flexibility index (Phi) is 6.18. The summed E-state index contributed by atoms with van der Waals surface area (Å²) in [5, 5.41) is 10.6. The highest BCUT2D eigenvalue weighted by Gasteiger charge is 2.31. The Bertz CT molecular complexity index is 964. The minimum absolute atomic E-state index is 0.00458. The average Bonchev–Trinajstić information content (AvgIpc) is 3.16. The number of amides is 2. The number of likely N-dealkylation sites (N-methyl/N-ethyl adjacent to an activating group) is 1. The van der Waals surface area contributed by atoms with Gasteiger partial charge in [-0.25, -0.2) is 0 Å². The van der Waals surface area contributed by atoms with E-state index in [0.717, 1.165) is 5.56 Å². The summed E-state index contributed by atoms with van der Waals surface area (Å²) < 4.78 is 5.63. The van der Waals surface area contributed by atoms with E-state index in [0.29, 0.717) is 23.7 Å². The third kappa shape index (κ3) is 4.75. The van der Waals surface area contributed by atoms with Crippen molar-refractivity contribution in [3.63, 3.8) is 0 Å². The summed E-state index contributed by atoms with van der Waals surface area (Å²) in [7, 11) is 1.61. The number of carbonyl (C=O) groups excluding carboxylic acids is 2. The molecule has 2 N–H and O–H groups in total. The van der Waals surface area contributed by atoms with Crippen molar-refractivity contribution < 1.29 is 14.3 Å². The van der Waals surface area contributed by atoms with Crippen molar-refractivity contribution in [2.75, 3.05) is 13.7 Å². The number of aliphatic imine (C=N–C) groups is 1. The maximum atomic E-state index is 12.7. The van der Waals surface area contributed by atoms with Gasteiger partial charge in [-0.1, -0.05) is 30.3 Å². The second-order valence-electron chi connectivity index (χ2n) is 6.46. The molecular weight excluding hydrogens is 372 g/mol. The van der Waals surface area contributed by atoms with Gasteiger partial charge in [-0.05, 0) is 25.3 Å². The van der Waals surface area contributed by atoms with E-state index in [1.807, 2.05) is 30.3 Å². The minimum Gasteiger partial charge on any atom is -0.493 e. The number of hydrogen-bond donors (Lipinski definition) is 2. The number of aromatic nitrogens is 3. The van der Waals surface area contributed by atoms with Gasteiger partial charge in [0.15, 0.2) is 0 Å². The number of benzene rings is 1. The minimum atomic E-state index is -0.868. The molecule has 0 bridgehead atoms. The van der Waals surface area contributed by atoms with E-state index >= 15 is 0 Å². The number of rotatable bonds is 6. The summed E-state index contributed by atoms with van der Waals surface area (Å²) >= 11 is 0. The Morgan fingerprint density at radius 1 is 1.41 bits per heavy atom. The van der Waals surface area contributed by atoms with Crippen LogP contribution in [0.4, 0.5) is 0 Å². The van der Waals surface area contributed by atoms with Crippen LogP contribution in [0.5, 0.6) is 0 Å². The number of ether oxygens (including phenoxy) is 1. The molecule has 150 valence electrons. The first-order valence-electron chi connectivity index (χ1n) is 8.99. The van der Waals surface area contributed by atoms with Crippen molar-refractivity contribution in [2.45, 2.75) is 19.4 Å². The van der Waals surface area contributed by atoms with Gasteiger partial charge in [0.2, 0.25) is 5.82 Å². The van der Waals surface area contributed by atoms with Crippen LogP contribution in [0, 0.1) is 0 Å². The summed E-state index contributed by atoms with van der Waals surface area (Å²) in [4.78, 5) is 33.3. The van der Waals surface area contributed by atoms with Crippen LogP contribution in [0.25, 0.3) is 0 Å². The van der Waals surface area contributed by atoms with E-state index in [1.165, 1.54) is 11.1 Å². The number of aromatic amines is 1. The molecule has 0 saturated heterocycles. The fourth-order valence-corrected chi connectivity index (χ4v) is 2.89. The van der Waals surface area contributed by atoms with Gasteiger partial charge in [-0.3, -0.25) is 14.6 Å². The van der Waals surface area contributed by atoms with Crippen molar-refractivity contribution in [3.05, 3.63) is 71.3 Å². The molecule has 1 aromatic heterocycles. The molecule has 0 saturated carbocycles. The van der Waals surface area contributed by atoms with Crippen LogP contribution in [0.15, 0.2) is 59.1 Å². The molecule has 1 aliphatic heterocycles. The van der Waals surface area contributed by atoms with Gasteiger partial charge in [0, 0.05) is 19.7 Å². The SMILES string of the molecule is C=N/C=C\C1=C(C)OC[C@H](NC(=O)c2nnc(Cc3ccccc3)[nH]2)C(=O)N1C. The van der Waals surface area contributed by atoms with Gasteiger partial charge >= 0.3 is 0 Å². The summed E-state index contributed by atoms with van der Waals surface area (Å²) in [6.07, 6.45) is 3.61. The zero-order chi connectivity index (χ0) is 20.8. The van der Waals surface area contributed by atoms with E-state index in [9.17, 15) is 9.59 Å². The number of carbonyl (C=O) groups is 2. The standard InChI is InChI=1S/C20H22N6O3/c1-13-16(9-10-21-2)26(3)20(28)15(12-29-13)22-19(27)18-23-17(24-25-18)11-14-7-5-4-6-8-14/h4-10,15H,2,11-12H2,1,3H3,(H,22,27)(H,23,24,25)/b10-9-/t15-/m0/s1. The van der Waals surface area contributed by atoms with Gasteiger partial charge in [-0.2, -0.15) is 0 Å². The van der Waals surface area contributed by atoms with E-state index < -0.39 is 11.9 Å². The van der Waals surface area contributed by atoms with Crippen molar-refractivity contribution in [3.8, 4) is 0 Å². The third-order valence-electron chi connectivity index (χ3n) is 4.42. The van der Waals surface area contributed by atoms with E-state index in [1.54, 1.807) is 20.0 Å². The largest absolute Gasteiger partial charge is 0.493 e. The lowest BCUT2D eigenvalue weighted by Crippen LogP contribution is -2.48. The first-order valence-corrected chi connectivity index (χ1v) is 8.99. The Hall–Kier alpha value is -3.75. The monoisotopic (exact) mass is 394 g/mol. The van der Waals surface area contributed by atoms with Gasteiger partial charge in [-0.15, -0.1) is 10.2 Å². The van der Waals surface area contributed by atoms with Crippen LogP contribution in [0.3, 0.4) is 0 Å². The highest BCUT2D eigenvalue weighted by Crippen LogP contribution is 2.18. The van der Waals surface area contributed by atoms with Crippen LogP contribution in [0.1, 0.15) is 28.9 Å². The number of hydrogen-bond acceptors (Lipinski definition) is 6. The van der Waals surface area contributed by atoms with Gasteiger partial charge in [0.25, 0.3) is 11.8 Å². The quantitative estimate of drug-likeness (QED) is 0.720. The molecule has 3 rings (SSSR count). The highest BCUT2D eigenvalue weighted by molar-refractivity contribution is 5.95. The highest BCUT2D eigenvalue weighted by atomic mass is 16.5. The van der Waals surface area contributed by atoms with Crippen molar-refractivity contribution >= 4 is 18.5 Å². The molecule has 1 atom stereocenters. The molecular formula is C20H22N6O3. The zero-order valence-electron chi connectivity index (χ0n) is 16.3. The summed E-state index contributed by atoms with van der Waals surface area (Å²) in [6.45, 7) is 5.12. The fraction of sp³-hybridized carbons (Fsp3) is 0.250. The first-order chi connectivity index (χ1) is 14.0. The lowest BCUT2D eigenvalue weighted by Gasteiger charge is -2.20. The zero-order valence-corrected chi connectivity index (χ0v) is 16.3. The van der Waals surface area contributed by atoms with Crippen LogP contribution in [0.2, 0.25) is 0 Å². The first kappa shape index (κ1) is 20.0. The molecule has 0 unspecified atom stereocenters. The van der Waals surface area contributed by atoms with E-state index in [-0.39, 0.29) is 18.3 Å². The molecule has 2 aromatic rings. The van der Waals surface area contributed by atoms with E-state index in [2.05, 4.69) is 32.2 Å². The van der Waals surface area contributed by atoms with Crippen molar-refractivity contribution in [2.24, 2.45) is 4.99 Å². The van der Waals surface area contributed by atoms with Crippen molar-refractivity contribution in [1.29, 1.82) is 0 Å². The number of nitrogens with zero attached hydrogens (tertiary/aromatic N) is 4. The lowest BCUT2D eigenvalue weighted by atomic mass is 10.1. The molecule has 0 fully saturated rings. The predicted octanol–water partition coefficient (Wildman–Crippen LogP) is 1.43. The molecule has 0 spiro atoms. The van der Waals surface area contributed by atoms with Gasteiger partial charge in [0.1, 0.15) is 24.2 Å². The van der Waals surface area contributed by atoms with Crippen LogP contribution >= 0.6 is 0 Å². The van der Waals surface area contributed by atoms with Crippen LogP contribution in [-0.4, -0.2) is 58.3 Å². The van der Waals surface area contributed by atoms with Crippen molar-refractivity contribution in [1.82, 2.24) is 25.4 Å². The Labute approximate surface area is 168 Å².